The normalized spacial score (nSPS) is 21.5. The first-order chi connectivity index (χ1) is 9.59. The van der Waals surface area contributed by atoms with Gasteiger partial charge in [0.2, 0.25) is 0 Å². The number of hydrogen-bond donors (Lipinski definition) is 2. The van der Waals surface area contributed by atoms with E-state index in [0.29, 0.717) is 23.9 Å². The van der Waals surface area contributed by atoms with Gasteiger partial charge in [0.1, 0.15) is 11.5 Å². The number of carbonyl (C=O) groups is 2. The third-order valence-electron chi connectivity index (χ3n) is 3.63. The van der Waals surface area contributed by atoms with Crippen molar-refractivity contribution in [1.82, 2.24) is 19.8 Å². The summed E-state index contributed by atoms with van der Waals surface area (Å²) in [4.78, 5) is 31.8. The summed E-state index contributed by atoms with van der Waals surface area (Å²) in [7, 11) is 0. The Balaban J connectivity index is 2.32. The van der Waals surface area contributed by atoms with Crippen molar-refractivity contribution in [2.75, 3.05) is 6.54 Å². The zero-order valence-electron chi connectivity index (χ0n) is 11.3. The molecule has 0 radical (unpaired) electrons. The summed E-state index contributed by atoms with van der Waals surface area (Å²) in [5, 5.41) is 2.41. The lowest BCUT2D eigenvalue weighted by molar-refractivity contribution is 0.0940. The number of benzene rings is 1. The third kappa shape index (κ3) is 1.51. The van der Waals surface area contributed by atoms with Gasteiger partial charge in [-0.3, -0.25) is 4.79 Å². The van der Waals surface area contributed by atoms with Crippen LogP contribution in [0.25, 0.3) is 0 Å². The van der Waals surface area contributed by atoms with Crippen molar-refractivity contribution in [2.45, 2.75) is 13.8 Å². The molecule has 0 bridgehead atoms. The second-order valence-electron chi connectivity index (χ2n) is 4.74. The van der Waals surface area contributed by atoms with Crippen LogP contribution >= 0.6 is 0 Å². The van der Waals surface area contributed by atoms with E-state index in [-0.39, 0.29) is 10.5 Å². The average Bonchev–Trinajstić information content (AvgIpc) is 2.84. The van der Waals surface area contributed by atoms with Crippen LogP contribution in [0.2, 0.25) is 0 Å². The molecule has 1 atom stereocenters. The molecule has 3 rings (SSSR count). The minimum Gasteiger partial charge on any atom is -0.333 e. The van der Waals surface area contributed by atoms with Crippen LogP contribution in [0.15, 0.2) is 30.3 Å². The second kappa shape index (κ2) is 4.28. The van der Waals surface area contributed by atoms with Crippen LogP contribution in [-0.2, 0) is 0 Å². The summed E-state index contributed by atoms with van der Waals surface area (Å²) in [6, 6.07) is 8.99. The molecule has 1 aromatic carbocycles. The standard InChI is InChI=1S/C14H14N4O2/c1-3-18(10-7-5-4-6-8-10)12-11(15-9(2)16-12)13(19)17-14(18)20/h4-8H,3H2,1-2H3,(H-,15,16,17,19,20)/p+1. The molecule has 1 aromatic heterocycles. The van der Waals surface area contributed by atoms with E-state index in [4.69, 9.17) is 0 Å². The van der Waals surface area contributed by atoms with Crippen LogP contribution in [-0.4, -0.2) is 28.5 Å². The van der Waals surface area contributed by atoms with E-state index < -0.39 is 5.91 Å². The summed E-state index contributed by atoms with van der Waals surface area (Å²) in [6.07, 6.45) is 0. The highest BCUT2D eigenvalue weighted by Crippen LogP contribution is 2.38. The number of quaternary nitrogens is 1. The molecular formula is C14H15N4O2+. The molecule has 1 unspecified atom stereocenters. The Morgan fingerprint density at radius 2 is 1.90 bits per heavy atom. The van der Waals surface area contributed by atoms with E-state index in [1.165, 1.54) is 0 Å². The van der Waals surface area contributed by atoms with Gasteiger partial charge in [-0.2, -0.15) is 9.47 Å². The Hall–Kier alpha value is -2.47. The molecule has 20 heavy (non-hydrogen) atoms. The number of H-pyrrole nitrogens is 1. The Morgan fingerprint density at radius 3 is 2.55 bits per heavy atom. The molecule has 1 aliphatic heterocycles. The average molecular weight is 271 g/mol. The van der Waals surface area contributed by atoms with Crippen molar-refractivity contribution in [3.63, 3.8) is 0 Å². The number of para-hydroxylation sites is 1. The van der Waals surface area contributed by atoms with Crippen LogP contribution in [0.4, 0.5) is 16.3 Å². The second-order valence-corrected chi connectivity index (χ2v) is 4.74. The highest BCUT2D eigenvalue weighted by atomic mass is 16.2. The minimum atomic E-state index is -0.427. The van der Waals surface area contributed by atoms with Gasteiger partial charge >= 0.3 is 6.03 Å². The number of nitrogens with one attached hydrogen (secondary N) is 2. The fraction of sp³-hybridized carbons (Fsp3) is 0.214. The zero-order valence-corrected chi connectivity index (χ0v) is 11.3. The van der Waals surface area contributed by atoms with Crippen LogP contribution < -0.4 is 9.80 Å². The lowest BCUT2D eigenvalue weighted by Crippen LogP contribution is -2.60. The van der Waals surface area contributed by atoms with Crippen LogP contribution in [0.3, 0.4) is 0 Å². The number of hydrogen-bond acceptors (Lipinski definition) is 3. The first-order valence-corrected chi connectivity index (χ1v) is 6.46. The molecule has 6 nitrogen and oxygen atoms in total. The molecule has 3 amide bonds. The van der Waals surface area contributed by atoms with Crippen LogP contribution in [0, 0.1) is 6.92 Å². The molecule has 6 heteroatoms. The quantitative estimate of drug-likeness (QED) is 0.822. The molecule has 2 N–H and O–H groups in total. The van der Waals surface area contributed by atoms with E-state index in [1.807, 2.05) is 37.3 Å². The monoisotopic (exact) mass is 271 g/mol. The number of rotatable bonds is 2. The number of imide groups is 1. The van der Waals surface area contributed by atoms with Crippen molar-refractivity contribution >= 4 is 23.4 Å². The summed E-state index contributed by atoms with van der Waals surface area (Å²) in [5.41, 5.74) is 1.14. The van der Waals surface area contributed by atoms with Crippen molar-refractivity contribution < 1.29 is 9.59 Å². The van der Waals surface area contributed by atoms with Gasteiger partial charge in [0.05, 0.1) is 6.54 Å². The predicted molar refractivity (Wildman–Crippen MR) is 74.6 cm³/mol. The van der Waals surface area contributed by atoms with E-state index >= 15 is 0 Å². The van der Waals surface area contributed by atoms with E-state index in [0.717, 1.165) is 5.69 Å². The molecule has 0 fully saturated rings. The molecule has 2 aromatic rings. The van der Waals surface area contributed by atoms with Crippen LogP contribution in [0.5, 0.6) is 0 Å². The summed E-state index contributed by atoms with van der Waals surface area (Å²) < 4.78 is -0.105. The number of aryl methyl sites for hydroxylation is 1. The molecule has 0 aliphatic carbocycles. The first-order valence-electron chi connectivity index (χ1n) is 6.46. The van der Waals surface area contributed by atoms with E-state index in [1.54, 1.807) is 6.92 Å². The highest BCUT2D eigenvalue weighted by Gasteiger charge is 2.50. The number of aromatic amines is 1. The molecule has 0 saturated carbocycles. The molecule has 0 saturated heterocycles. The van der Waals surface area contributed by atoms with E-state index in [2.05, 4.69) is 15.3 Å². The Bertz CT molecular complexity index is 692. The Labute approximate surface area is 116 Å². The van der Waals surface area contributed by atoms with Crippen molar-refractivity contribution in [3.8, 4) is 0 Å². The van der Waals surface area contributed by atoms with Gasteiger partial charge in [0.15, 0.2) is 5.69 Å². The lowest BCUT2D eigenvalue weighted by Gasteiger charge is -2.34. The van der Waals surface area contributed by atoms with Gasteiger partial charge in [-0.1, -0.05) is 18.2 Å². The highest BCUT2D eigenvalue weighted by molar-refractivity contribution is 6.15. The molecule has 102 valence electrons. The molecular weight excluding hydrogens is 256 g/mol. The fourth-order valence-corrected chi connectivity index (χ4v) is 2.66. The number of carbonyl (C=O) groups excluding carboxylic acids is 2. The number of urea groups is 1. The maximum atomic E-state index is 12.5. The van der Waals surface area contributed by atoms with Crippen molar-refractivity contribution in [3.05, 3.63) is 41.9 Å². The van der Waals surface area contributed by atoms with Gasteiger partial charge in [0.25, 0.3) is 11.7 Å². The Morgan fingerprint density at radius 1 is 1.20 bits per heavy atom. The molecule has 1 aliphatic rings. The summed E-state index contributed by atoms with van der Waals surface area (Å²) >= 11 is 0. The van der Waals surface area contributed by atoms with Gasteiger partial charge in [0, 0.05) is 12.1 Å². The van der Waals surface area contributed by atoms with Gasteiger partial charge < -0.3 is 4.98 Å². The third-order valence-corrected chi connectivity index (χ3v) is 3.63. The predicted octanol–water partition coefficient (Wildman–Crippen LogP) is 2.24. The zero-order chi connectivity index (χ0) is 14.3. The number of nitrogens with zero attached hydrogens (tertiary/aromatic N) is 2. The fourth-order valence-electron chi connectivity index (χ4n) is 2.66. The SMILES string of the molecule is CC[N+]1(c2ccccc2)C(=O)NC(=O)c2[nH]c(C)nc21. The maximum Gasteiger partial charge on any atom is 0.435 e. The summed E-state index contributed by atoms with van der Waals surface area (Å²) in [5.74, 6) is 0.653. The Kier molecular flexibility index (Phi) is 2.69. The topological polar surface area (TPSA) is 74.8 Å². The van der Waals surface area contributed by atoms with Gasteiger partial charge in [-0.25, -0.2) is 10.1 Å². The minimum absolute atomic E-state index is 0.105. The number of fused-ring (bicyclic) bond motifs is 1. The van der Waals surface area contributed by atoms with Gasteiger partial charge in [-0.05, 0) is 13.8 Å². The van der Waals surface area contributed by atoms with Gasteiger partial charge in [-0.15, -0.1) is 0 Å². The van der Waals surface area contributed by atoms with Crippen LogP contribution in [0.1, 0.15) is 23.2 Å². The largest absolute Gasteiger partial charge is 0.435 e. The summed E-state index contributed by atoms with van der Waals surface area (Å²) in [6.45, 7) is 4.14. The number of imidazole rings is 1. The lowest BCUT2D eigenvalue weighted by atomic mass is 10.2. The molecule has 2 heterocycles. The number of amides is 3. The maximum absolute atomic E-state index is 12.5. The molecule has 0 spiro atoms. The number of aromatic nitrogens is 2. The van der Waals surface area contributed by atoms with Crippen molar-refractivity contribution in [1.29, 1.82) is 0 Å². The first kappa shape index (κ1) is 12.6. The van der Waals surface area contributed by atoms with Crippen molar-refractivity contribution in [2.24, 2.45) is 0 Å². The van der Waals surface area contributed by atoms with E-state index in [9.17, 15) is 9.59 Å². The smallest absolute Gasteiger partial charge is 0.333 e.